The summed E-state index contributed by atoms with van der Waals surface area (Å²) in [5.74, 6) is -1.46. The van der Waals surface area contributed by atoms with Gasteiger partial charge in [-0.05, 0) is 43.4 Å². The first-order valence-corrected chi connectivity index (χ1v) is 5.75. The molecule has 1 aliphatic carbocycles. The summed E-state index contributed by atoms with van der Waals surface area (Å²) in [6.07, 6.45) is 2.42. The van der Waals surface area contributed by atoms with E-state index in [4.69, 9.17) is 5.73 Å². The molecular formula is C13H17F2N. The molecule has 88 valence electrons. The maximum absolute atomic E-state index is 13.8. The summed E-state index contributed by atoms with van der Waals surface area (Å²) in [6, 6.07) is 2.92. The smallest absolute Gasteiger partial charge is 0.162 e. The average molecular weight is 225 g/mol. The van der Waals surface area contributed by atoms with Gasteiger partial charge in [0.15, 0.2) is 11.6 Å². The molecule has 1 aliphatic rings. The quantitative estimate of drug-likeness (QED) is 0.841. The number of benzene rings is 1. The van der Waals surface area contributed by atoms with E-state index in [1.54, 1.807) is 6.07 Å². The molecule has 1 saturated carbocycles. The van der Waals surface area contributed by atoms with Crippen molar-refractivity contribution in [2.24, 2.45) is 5.73 Å². The molecular weight excluding hydrogens is 208 g/mol. The van der Waals surface area contributed by atoms with Crippen molar-refractivity contribution in [2.75, 3.05) is 0 Å². The molecule has 1 unspecified atom stereocenters. The Balaban J connectivity index is 2.52. The van der Waals surface area contributed by atoms with Crippen LogP contribution in [0.1, 0.15) is 37.8 Å². The number of aryl methyl sites for hydroxylation is 1. The largest absolute Gasteiger partial charge is 0.327 e. The van der Waals surface area contributed by atoms with Crippen molar-refractivity contribution in [3.63, 3.8) is 0 Å². The molecule has 0 saturated heterocycles. The molecule has 0 radical (unpaired) electrons. The Morgan fingerprint density at radius 3 is 2.44 bits per heavy atom. The molecule has 16 heavy (non-hydrogen) atoms. The molecule has 1 fully saturated rings. The first kappa shape index (κ1) is 11.5. The Kier molecular flexibility index (Phi) is 2.74. The van der Waals surface area contributed by atoms with E-state index in [0.717, 1.165) is 18.4 Å². The highest BCUT2D eigenvalue weighted by Crippen LogP contribution is 2.51. The van der Waals surface area contributed by atoms with Gasteiger partial charge in [0.25, 0.3) is 0 Å². The second-order valence-corrected chi connectivity index (χ2v) is 4.74. The lowest BCUT2D eigenvalue weighted by Gasteiger charge is -2.21. The van der Waals surface area contributed by atoms with Crippen molar-refractivity contribution in [1.29, 1.82) is 0 Å². The van der Waals surface area contributed by atoms with E-state index in [1.165, 1.54) is 6.07 Å². The molecule has 0 heterocycles. The Labute approximate surface area is 94.7 Å². The fourth-order valence-electron chi connectivity index (χ4n) is 2.32. The van der Waals surface area contributed by atoms with Crippen LogP contribution in [0.3, 0.4) is 0 Å². The normalized spacial score (nSPS) is 19.6. The van der Waals surface area contributed by atoms with Crippen LogP contribution in [0, 0.1) is 11.6 Å². The highest BCUT2D eigenvalue weighted by molar-refractivity contribution is 5.38. The Bertz CT molecular complexity index is 409. The van der Waals surface area contributed by atoms with Gasteiger partial charge in [0.1, 0.15) is 0 Å². The summed E-state index contributed by atoms with van der Waals surface area (Å²) < 4.78 is 27.2. The van der Waals surface area contributed by atoms with Crippen LogP contribution in [0.4, 0.5) is 8.78 Å². The lowest BCUT2D eigenvalue weighted by Crippen LogP contribution is -2.32. The van der Waals surface area contributed by atoms with Crippen LogP contribution >= 0.6 is 0 Å². The highest BCUT2D eigenvalue weighted by atomic mass is 19.2. The number of hydrogen-bond donors (Lipinski definition) is 1. The van der Waals surface area contributed by atoms with Crippen LogP contribution in [-0.2, 0) is 11.8 Å². The van der Waals surface area contributed by atoms with E-state index in [2.05, 4.69) is 0 Å². The van der Waals surface area contributed by atoms with Crippen molar-refractivity contribution in [3.8, 4) is 0 Å². The van der Waals surface area contributed by atoms with Crippen molar-refractivity contribution >= 4 is 0 Å². The Morgan fingerprint density at radius 2 is 2.00 bits per heavy atom. The van der Waals surface area contributed by atoms with Crippen LogP contribution in [-0.4, -0.2) is 6.04 Å². The third-order valence-electron chi connectivity index (χ3n) is 3.69. The van der Waals surface area contributed by atoms with Crippen molar-refractivity contribution < 1.29 is 8.78 Å². The molecule has 0 aromatic heterocycles. The van der Waals surface area contributed by atoms with E-state index in [-0.39, 0.29) is 11.5 Å². The van der Waals surface area contributed by atoms with Crippen LogP contribution in [0.2, 0.25) is 0 Å². The van der Waals surface area contributed by atoms with Gasteiger partial charge in [0, 0.05) is 11.5 Å². The minimum atomic E-state index is -0.749. The van der Waals surface area contributed by atoms with Crippen molar-refractivity contribution in [1.82, 2.24) is 0 Å². The molecule has 2 N–H and O–H groups in total. The van der Waals surface area contributed by atoms with Crippen molar-refractivity contribution in [3.05, 3.63) is 34.9 Å². The van der Waals surface area contributed by atoms with E-state index >= 15 is 0 Å². The maximum atomic E-state index is 13.8. The predicted molar refractivity (Wildman–Crippen MR) is 60.3 cm³/mol. The van der Waals surface area contributed by atoms with E-state index in [1.807, 2.05) is 13.8 Å². The molecule has 1 aromatic rings. The second-order valence-electron chi connectivity index (χ2n) is 4.74. The van der Waals surface area contributed by atoms with Gasteiger partial charge >= 0.3 is 0 Å². The topological polar surface area (TPSA) is 26.0 Å². The summed E-state index contributed by atoms with van der Waals surface area (Å²) in [5.41, 5.74) is 6.87. The van der Waals surface area contributed by atoms with Crippen molar-refractivity contribution in [2.45, 2.75) is 44.6 Å². The van der Waals surface area contributed by atoms with Gasteiger partial charge in [-0.2, -0.15) is 0 Å². The number of hydrogen-bond acceptors (Lipinski definition) is 1. The first-order chi connectivity index (χ1) is 7.51. The minimum absolute atomic E-state index is 0.131. The van der Waals surface area contributed by atoms with Gasteiger partial charge in [-0.3, -0.25) is 0 Å². The molecule has 3 heteroatoms. The number of rotatable bonds is 3. The van der Waals surface area contributed by atoms with Gasteiger partial charge in [-0.25, -0.2) is 8.78 Å². The summed E-state index contributed by atoms with van der Waals surface area (Å²) in [7, 11) is 0. The summed E-state index contributed by atoms with van der Waals surface area (Å²) in [4.78, 5) is 0. The fourth-order valence-corrected chi connectivity index (χ4v) is 2.32. The van der Waals surface area contributed by atoms with Crippen LogP contribution < -0.4 is 5.73 Å². The third-order valence-corrected chi connectivity index (χ3v) is 3.69. The third kappa shape index (κ3) is 1.63. The Hall–Kier alpha value is -0.960. The van der Waals surface area contributed by atoms with Crippen LogP contribution in [0.25, 0.3) is 0 Å². The summed E-state index contributed by atoms with van der Waals surface area (Å²) >= 11 is 0. The monoisotopic (exact) mass is 225 g/mol. The zero-order chi connectivity index (χ0) is 11.9. The average Bonchev–Trinajstić information content (AvgIpc) is 3.02. The summed E-state index contributed by atoms with van der Waals surface area (Å²) in [5, 5.41) is 0. The molecule has 1 aromatic carbocycles. The molecule has 2 rings (SSSR count). The first-order valence-electron chi connectivity index (χ1n) is 5.75. The molecule has 0 amide bonds. The number of halogens is 2. The molecule has 0 aliphatic heterocycles. The van der Waals surface area contributed by atoms with Gasteiger partial charge in [0.05, 0.1) is 0 Å². The Morgan fingerprint density at radius 1 is 1.38 bits per heavy atom. The minimum Gasteiger partial charge on any atom is -0.327 e. The maximum Gasteiger partial charge on any atom is 0.162 e. The molecule has 1 atom stereocenters. The van der Waals surface area contributed by atoms with Crippen LogP contribution in [0.15, 0.2) is 12.1 Å². The lowest BCUT2D eigenvalue weighted by molar-refractivity contribution is 0.462. The predicted octanol–water partition coefficient (Wildman–Crippen LogP) is 2.91. The number of nitrogens with two attached hydrogens (primary N) is 1. The second kappa shape index (κ2) is 3.81. The molecule has 0 spiro atoms. The molecule has 1 nitrogen and oxygen atoms in total. The van der Waals surface area contributed by atoms with Gasteiger partial charge in [0.2, 0.25) is 0 Å². The zero-order valence-electron chi connectivity index (χ0n) is 9.69. The summed E-state index contributed by atoms with van der Waals surface area (Å²) in [6.45, 7) is 3.80. The zero-order valence-corrected chi connectivity index (χ0v) is 9.69. The van der Waals surface area contributed by atoms with E-state index < -0.39 is 11.6 Å². The van der Waals surface area contributed by atoms with Gasteiger partial charge in [-0.15, -0.1) is 0 Å². The van der Waals surface area contributed by atoms with Gasteiger partial charge in [-0.1, -0.05) is 13.0 Å². The lowest BCUT2D eigenvalue weighted by atomic mass is 9.87. The van der Waals surface area contributed by atoms with E-state index in [0.29, 0.717) is 12.0 Å². The fraction of sp³-hybridized carbons (Fsp3) is 0.538. The van der Waals surface area contributed by atoms with Crippen LogP contribution in [0.5, 0.6) is 0 Å². The molecule has 0 bridgehead atoms. The standard InChI is InChI=1S/C13H17F2N/c1-3-9-6-10(12(15)11(14)7-9)13(4-5-13)8(2)16/h6-8H,3-5,16H2,1-2H3. The van der Waals surface area contributed by atoms with E-state index in [9.17, 15) is 8.78 Å². The SMILES string of the molecule is CCc1cc(F)c(F)c(C2(C(C)N)CC2)c1. The highest BCUT2D eigenvalue weighted by Gasteiger charge is 2.49. The van der Waals surface area contributed by atoms with Gasteiger partial charge < -0.3 is 5.73 Å².